The molecule has 0 aliphatic carbocycles. The van der Waals surface area contributed by atoms with Crippen molar-refractivity contribution in [2.45, 2.75) is 32.8 Å². The van der Waals surface area contributed by atoms with Crippen LogP contribution in [0.25, 0.3) is 10.9 Å². The van der Waals surface area contributed by atoms with E-state index in [1.54, 1.807) is 33.0 Å². The number of carbonyl (C=O) groups excluding carboxylic acids is 2. The second kappa shape index (κ2) is 7.71. The Morgan fingerprint density at radius 1 is 1.32 bits per heavy atom. The summed E-state index contributed by atoms with van der Waals surface area (Å²) in [6.45, 7) is 5.78. The molecule has 2 rings (SSSR count). The molecule has 1 aromatic heterocycles. The number of alkyl carbamates (subject to hydrolysis) is 1. The maximum atomic E-state index is 11.9. The smallest absolute Gasteiger partial charge is 0.407 e. The lowest BCUT2D eigenvalue weighted by atomic mass is 10.1. The number of aromatic amines is 1. The van der Waals surface area contributed by atoms with Gasteiger partial charge in [0.1, 0.15) is 5.60 Å². The maximum Gasteiger partial charge on any atom is 0.407 e. The van der Waals surface area contributed by atoms with Gasteiger partial charge in [0.15, 0.2) is 0 Å². The molecule has 0 aliphatic heterocycles. The van der Waals surface area contributed by atoms with Crippen LogP contribution in [0.3, 0.4) is 0 Å². The fourth-order valence-electron chi connectivity index (χ4n) is 2.11. The Labute approximate surface area is 146 Å². The molecule has 2 aromatic rings. The first-order valence-electron chi connectivity index (χ1n) is 7.81. The molecule has 0 radical (unpaired) electrons. The van der Waals surface area contributed by atoms with Gasteiger partial charge in [0.25, 0.3) is 0 Å². The first-order valence-corrected chi connectivity index (χ1v) is 7.81. The van der Waals surface area contributed by atoms with Gasteiger partial charge >= 0.3 is 12.1 Å². The van der Waals surface area contributed by atoms with Crippen molar-refractivity contribution in [1.29, 1.82) is 0 Å². The highest BCUT2D eigenvalue weighted by atomic mass is 16.6. The van der Waals surface area contributed by atoms with Crippen LogP contribution in [-0.4, -0.2) is 41.5 Å². The van der Waals surface area contributed by atoms with Crippen molar-refractivity contribution in [2.24, 2.45) is 0 Å². The molecule has 0 saturated heterocycles. The summed E-state index contributed by atoms with van der Waals surface area (Å²) in [7, 11) is 1.33. The molecule has 0 aliphatic rings. The van der Waals surface area contributed by atoms with Crippen LogP contribution in [0.4, 0.5) is 4.79 Å². The quantitative estimate of drug-likeness (QED) is 0.508. The number of nitrogens with one attached hydrogen (secondary N) is 2. The molecule has 0 spiro atoms. The van der Waals surface area contributed by atoms with Gasteiger partial charge in [-0.2, -0.15) is 5.10 Å². The average molecular weight is 343 g/mol. The van der Waals surface area contributed by atoms with Crippen molar-refractivity contribution in [3.8, 4) is 11.8 Å². The van der Waals surface area contributed by atoms with E-state index in [-0.39, 0.29) is 0 Å². The Hall–Kier alpha value is -3.01. The molecule has 1 heterocycles. The number of aromatic nitrogens is 2. The van der Waals surface area contributed by atoms with E-state index in [1.165, 1.54) is 7.11 Å². The summed E-state index contributed by atoms with van der Waals surface area (Å²) in [6.07, 6.45) is 1.55. The Kier molecular flexibility index (Phi) is 5.65. The number of hydrogen-bond acceptors (Lipinski definition) is 5. The van der Waals surface area contributed by atoms with Crippen molar-refractivity contribution in [2.75, 3.05) is 13.7 Å². The van der Waals surface area contributed by atoms with Crippen molar-refractivity contribution >= 4 is 23.0 Å². The fraction of sp³-hybridized carbons (Fsp3) is 0.389. The molecule has 0 unspecified atom stereocenters. The standard InChI is InChI=1S/C18H21N3O4/c1-18(2,3)25-17(23)19-8-6-5-7-12-9-13(16(22)24-4)14-11-20-21-15(14)10-12/h9-11H,6,8H2,1-4H3,(H,19,23)(H,20,21). The second-order valence-electron chi connectivity index (χ2n) is 6.33. The second-order valence-corrected chi connectivity index (χ2v) is 6.33. The Balaban J connectivity index is 2.01. The topological polar surface area (TPSA) is 93.3 Å². The van der Waals surface area contributed by atoms with Gasteiger partial charge in [0, 0.05) is 23.9 Å². The monoisotopic (exact) mass is 343 g/mol. The van der Waals surface area contributed by atoms with Gasteiger partial charge < -0.3 is 14.8 Å². The number of hydrogen-bond donors (Lipinski definition) is 2. The number of ether oxygens (including phenoxy) is 2. The first-order chi connectivity index (χ1) is 11.8. The molecule has 25 heavy (non-hydrogen) atoms. The van der Waals surface area contributed by atoms with E-state index in [4.69, 9.17) is 9.47 Å². The van der Waals surface area contributed by atoms with Crippen LogP contribution in [0.1, 0.15) is 43.1 Å². The van der Waals surface area contributed by atoms with Crippen molar-refractivity contribution in [3.05, 3.63) is 29.5 Å². The predicted molar refractivity (Wildman–Crippen MR) is 93.2 cm³/mol. The summed E-state index contributed by atoms with van der Waals surface area (Å²) in [5, 5.41) is 10.1. The van der Waals surface area contributed by atoms with Gasteiger partial charge in [-0.1, -0.05) is 11.8 Å². The number of carbonyl (C=O) groups is 2. The number of methoxy groups -OCH3 is 1. The molecular formula is C18H21N3O4. The van der Waals surface area contributed by atoms with Gasteiger partial charge in [0.2, 0.25) is 0 Å². The van der Waals surface area contributed by atoms with Crippen LogP contribution < -0.4 is 5.32 Å². The Morgan fingerprint density at radius 2 is 2.08 bits per heavy atom. The number of H-pyrrole nitrogens is 1. The first kappa shape index (κ1) is 18.3. The summed E-state index contributed by atoms with van der Waals surface area (Å²) in [4.78, 5) is 23.4. The molecule has 1 aromatic carbocycles. The normalized spacial score (nSPS) is 10.7. The van der Waals surface area contributed by atoms with E-state index in [2.05, 4.69) is 27.4 Å². The highest BCUT2D eigenvalue weighted by Gasteiger charge is 2.15. The van der Waals surface area contributed by atoms with Crippen LogP contribution in [0.2, 0.25) is 0 Å². The molecule has 0 atom stereocenters. The molecule has 1 amide bonds. The summed E-state index contributed by atoms with van der Waals surface area (Å²) in [5.41, 5.74) is 1.25. The third-order valence-corrected chi connectivity index (χ3v) is 3.11. The lowest BCUT2D eigenvalue weighted by Gasteiger charge is -2.19. The summed E-state index contributed by atoms with van der Waals surface area (Å²) >= 11 is 0. The van der Waals surface area contributed by atoms with E-state index < -0.39 is 17.7 Å². The highest BCUT2D eigenvalue weighted by molar-refractivity contribution is 6.03. The van der Waals surface area contributed by atoms with E-state index in [0.717, 1.165) is 0 Å². The van der Waals surface area contributed by atoms with E-state index in [9.17, 15) is 9.59 Å². The zero-order valence-electron chi connectivity index (χ0n) is 14.7. The Bertz CT molecular complexity index is 837. The Morgan fingerprint density at radius 3 is 2.76 bits per heavy atom. The molecule has 0 bridgehead atoms. The summed E-state index contributed by atoms with van der Waals surface area (Å²) < 4.78 is 9.92. The van der Waals surface area contributed by atoms with Crippen LogP contribution in [0.5, 0.6) is 0 Å². The van der Waals surface area contributed by atoms with Gasteiger partial charge in [-0.3, -0.25) is 5.10 Å². The van der Waals surface area contributed by atoms with Crippen LogP contribution in [0, 0.1) is 11.8 Å². The molecule has 2 N–H and O–H groups in total. The van der Waals surface area contributed by atoms with Crippen molar-refractivity contribution in [1.82, 2.24) is 15.5 Å². The van der Waals surface area contributed by atoms with Crippen molar-refractivity contribution < 1.29 is 19.1 Å². The highest BCUT2D eigenvalue weighted by Crippen LogP contribution is 2.19. The molecule has 0 fully saturated rings. The van der Waals surface area contributed by atoms with Gasteiger partial charge in [-0.15, -0.1) is 0 Å². The number of fused-ring (bicyclic) bond motifs is 1. The summed E-state index contributed by atoms with van der Waals surface area (Å²) in [5.74, 6) is 5.48. The number of nitrogens with zero attached hydrogens (tertiary/aromatic N) is 1. The minimum absolute atomic E-state index is 0.373. The zero-order chi connectivity index (χ0) is 18.4. The van der Waals surface area contributed by atoms with Gasteiger partial charge in [-0.05, 0) is 32.9 Å². The van der Waals surface area contributed by atoms with E-state index in [1.807, 2.05) is 6.07 Å². The zero-order valence-corrected chi connectivity index (χ0v) is 14.7. The van der Waals surface area contributed by atoms with E-state index in [0.29, 0.717) is 35.0 Å². The van der Waals surface area contributed by atoms with Crippen molar-refractivity contribution in [3.63, 3.8) is 0 Å². The number of esters is 1. The predicted octanol–water partition coefficient (Wildman–Crippen LogP) is 2.62. The fourth-order valence-corrected chi connectivity index (χ4v) is 2.11. The lowest BCUT2D eigenvalue weighted by Crippen LogP contribution is -2.32. The summed E-state index contributed by atoms with van der Waals surface area (Å²) in [6, 6.07) is 3.47. The maximum absolute atomic E-state index is 11.9. The average Bonchev–Trinajstić information content (AvgIpc) is 2.99. The minimum atomic E-state index is -0.528. The largest absolute Gasteiger partial charge is 0.465 e. The van der Waals surface area contributed by atoms with Crippen LogP contribution in [-0.2, 0) is 9.47 Å². The van der Waals surface area contributed by atoms with Gasteiger partial charge in [0.05, 0.1) is 24.4 Å². The minimum Gasteiger partial charge on any atom is -0.465 e. The third-order valence-electron chi connectivity index (χ3n) is 3.11. The van der Waals surface area contributed by atoms with Gasteiger partial charge in [-0.25, -0.2) is 9.59 Å². The van der Waals surface area contributed by atoms with Crippen LogP contribution in [0.15, 0.2) is 18.3 Å². The lowest BCUT2D eigenvalue weighted by molar-refractivity contribution is 0.0527. The van der Waals surface area contributed by atoms with E-state index >= 15 is 0 Å². The molecule has 7 nitrogen and oxygen atoms in total. The SMILES string of the molecule is COC(=O)c1cc(C#CCCNC(=O)OC(C)(C)C)cc2[nH]ncc12. The molecular weight excluding hydrogens is 322 g/mol. The third kappa shape index (κ3) is 5.24. The van der Waals surface area contributed by atoms with Crippen LogP contribution >= 0.6 is 0 Å². The molecule has 7 heteroatoms. The molecule has 132 valence electrons. The number of benzene rings is 1. The number of amides is 1. The molecule has 0 saturated carbocycles. The number of rotatable bonds is 3.